The number of nitrogens with one attached hydrogen (secondary N) is 1. The van der Waals surface area contributed by atoms with Gasteiger partial charge in [-0.25, -0.2) is 13.2 Å². The summed E-state index contributed by atoms with van der Waals surface area (Å²) in [6.45, 7) is 3.34. The van der Waals surface area contributed by atoms with Crippen LogP contribution < -0.4 is 5.32 Å². The van der Waals surface area contributed by atoms with Crippen LogP contribution in [0.5, 0.6) is 0 Å². The first kappa shape index (κ1) is 21.8. The largest absolute Gasteiger partial charge is 0.336 e. The molecule has 0 aliphatic carbocycles. The molecule has 0 saturated carbocycles. The van der Waals surface area contributed by atoms with Crippen molar-refractivity contribution in [2.75, 3.05) is 26.2 Å². The molecular formula is C21H26BrN3O3S. The van der Waals surface area contributed by atoms with E-state index in [4.69, 9.17) is 0 Å². The van der Waals surface area contributed by atoms with Crippen molar-refractivity contribution in [2.45, 2.75) is 30.7 Å². The van der Waals surface area contributed by atoms with Gasteiger partial charge < -0.3 is 10.2 Å². The van der Waals surface area contributed by atoms with Crippen molar-refractivity contribution in [1.29, 1.82) is 0 Å². The van der Waals surface area contributed by atoms with Gasteiger partial charge in [-0.1, -0.05) is 52.3 Å². The third kappa shape index (κ3) is 5.81. The molecule has 156 valence electrons. The highest BCUT2D eigenvalue weighted by Crippen LogP contribution is 2.21. The van der Waals surface area contributed by atoms with Crippen molar-refractivity contribution in [3.05, 3.63) is 64.6 Å². The van der Waals surface area contributed by atoms with E-state index in [9.17, 15) is 13.2 Å². The molecule has 8 heteroatoms. The van der Waals surface area contributed by atoms with Crippen LogP contribution in [-0.2, 0) is 16.4 Å². The molecule has 1 aliphatic rings. The third-order valence-electron chi connectivity index (χ3n) is 5.04. The summed E-state index contributed by atoms with van der Waals surface area (Å²) in [5.74, 6) is 0. The molecule has 0 radical (unpaired) electrons. The molecule has 3 rings (SSSR count). The molecule has 29 heavy (non-hydrogen) atoms. The predicted molar refractivity (Wildman–Crippen MR) is 117 cm³/mol. The minimum absolute atomic E-state index is 0.0473. The predicted octanol–water partition coefficient (Wildman–Crippen LogP) is 3.49. The quantitative estimate of drug-likeness (QED) is 0.689. The van der Waals surface area contributed by atoms with Crippen molar-refractivity contribution < 1.29 is 13.2 Å². The topological polar surface area (TPSA) is 69.7 Å². The van der Waals surface area contributed by atoms with E-state index in [1.165, 1.54) is 9.87 Å². The lowest BCUT2D eigenvalue weighted by molar-refractivity contribution is 0.169. The molecule has 1 fully saturated rings. The summed E-state index contributed by atoms with van der Waals surface area (Å²) in [6.07, 6.45) is 1.76. The van der Waals surface area contributed by atoms with Crippen molar-refractivity contribution in [1.82, 2.24) is 14.5 Å². The van der Waals surface area contributed by atoms with E-state index in [0.717, 1.165) is 17.3 Å². The Kier molecular flexibility index (Phi) is 7.32. The Balaban J connectivity index is 1.49. The molecule has 6 nitrogen and oxygen atoms in total. The number of urea groups is 1. The van der Waals surface area contributed by atoms with Crippen molar-refractivity contribution in [3.8, 4) is 0 Å². The van der Waals surface area contributed by atoms with Gasteiger partial charge in [-0.15, -0.1) is 0 Å². The fourth-order valence-electron chi connectivity index (χ4n) is 3.31. The standard InChI is InChI=1S/C21H26BrN3O3S/c1-17(10-11-18-6-3-2-4-7-18)23-21(26)24-12-14-25(15-13-24)29(27,28)20-9-5-8-19(22)16-20/h2-9,16-17H,10-15H2,1H3,(H,23,26)/t17-/m0/s1. The Morgan fingerprint density at radius 2 is 1.76 bits per heavy atom. The SMILES string of the molecule is C[C@@H](CCc1ccccc1)NC(=O)N1CCN(S(=O)(=O)c2cccc(Br)c2)CC1. The molecular weight excluding hydrogens is 454 g/mol. The van der Waals surface area contributed by atoms with Gasteiger partial charge in [0.1, 0.15) is 0 Å². The molecule has 0 unspecified atom stereocenters. The number of benzene rings is 2. The van der Waals surface area contributed by atoms with E-state index in [-0.39, 0.29) is 17.0 Å². The van der Waals surface area contributed by atoms with Crippen LogP contribution in [0, 0.1) is 0 Å². The number of hydrogen-bond acceptors (Lipinski definition) is 3. The van der Waals surface area contributed by atoms with Crippen molar-refractivity contribution in [3.63, 3.8) is 0 Å². The summed E-state index contributed by atoms with van der Waals surface area (Å²) in [5, 5.41) is 3.03. The van der Waals surface area contributed by atoms with Gasteiger partial charge in [-0.05, 0) is 43.5 Å². The molecule has 2 aromatic carbocycles. The number of nitrogens with zero attached hydrogens (tertiary/aromatic N) is 2. The summed E-state index contributed by atoms with van der Waals surface area (Å²) in [4.78, 5) is 14.5. The number of hydrogen-bond donors (Lipinski definition) is 1. The van der Waals surface area contributed by atoms with Gasteiger partial charge in [-0.2, -0.15) is 4.31 Å². The Bertz CT molecular complexity index is 929. The van der Waals surface area contributed by atoms with Crippen molar-refractivity contribution in [2.24, 2.45) is 0 Å². The summed E-state index contributed by atoms with van der Waals surface area (Å²) < 4.78 is 27.8. The molecule has 1 N–H and O–H groups in total. The first-order valence-electron chi connectivity index (χ1n) is 9.71. The number of sulfonamides is 1. The minimum atomic E-state index is -3.55. The van der Waals surface area contributed by atoms with Crippen LogP contribution in [0.2, 0.25) is 0 Å². The number of halogens is 1. The van der Waals surface area contributed by atoms with Crippen LogP contribution in [0.4, 0.5) is 4.79 Å². The zero-order valence-corrected chi connectivity index (χ0v) is 18.8. The van der Waals surface area contributed by atoms with Gasteiger partial charge in [0.05, 0.1) is 4.90 Å². The van der Waals surface area contributed by atoms with E-state index in [2.05, 4.69) is 33.4 Å². The Labute approximate surface area is 181 Å². The minimum Gasteiger partial charge on any atom is -0.336 e. The molecule has 0 bridgehead atoms. The highest BCUT2D eigenvalue weighted by atomic mass is 79.9. The maximum Gasteiger partial charge on any atom is 0.317 e. The highest BCUT2D eigenvalue weighted by molar-refractivity contribution is 9.10. The fraction of sp³-hybridized carbons (Fsp3) is 0.381. The molecule has 0 aromatic heterocycles. The lowest BCUT2D eigenvalue weighted by Crippen LogP contribution is -2.54. The lowest BCUT2D eigenvalue weighted by atomic mass is 10.1. The second-order valence-corrected chi connectivity index (χ2v) is 10.1. The highest BCUT2D eigenvalue weighted by Gasteiger charge is 2.30. The number of piperazine rings is 1. The second-order valence-electron chi connectivity index (χ2n) is 7.22. The molecule has 1 heterocycles. The van der Waals surface area contributed by atoms with E-state index in [1.807, 2.05) is 25.1 Å². The normalized spacial score (nSPS) is 16.4. The van der Waals surface area contributed by atoms with Crippen LogP contribution in [0.15, 0.2) is 64.0 Å². The van der Waals surface area contributed by atoms with Crippen LogP contribution in [0.25, 0.3) is 0 Å². The van der Waals surface area contributed by atoms with Gasteiger partial charge in [0.15, 0.2) is 0 Å². The fourth-order valence-corrected chi connectivity index (χ4v) is 5.33. The Morgan fingerprint density at radius 3 is 2.41 bits per heavy atom. The first-order valence-corrected chi connectivity index (χ1v) is 11.9. The number of aryl methyl sites for hydroxylation is 1. The molecule has 1 atom stereocenters. The molecule has 2 amide bonds. The van der Waals surface area contributed by atoms with Gasteiger partial charge in [-0.3, -0.25) is 0 Å². The van der Waals surface area contributed by atoms with E-state index >= 15 is 0 Å². The summed E-state index contributed by atoms with van der Waals surface area (Å²) >= 11 is 3.31. The lowest BCUT2D eigenvalue weighted by Gasteiger charge is -2.34. The number of carbonyl (C=O) groups is 1. The van der Waals surface area contributed by atoms with E-state index < -0.39 is 10.0 Å². The molecule has 2 aromatic rings. The van der Waals surface area contributed by atoms with Crippen LogP contribution in [0.3, 0.4) is 0 Å². The Hall–Kier alpha value is -1.90. The molecule has 1 saturated heterocycles. The summed E-state index contributed by atoms with van der Waals surface area (Å²) in [7, 11) is -3.55. The number of amides is 2. The first-order chi connectivity index (χ1) is 13.9. The number of carbonyl (C=O) groups excluding carboxylic acids is 1. The second kappa shape index (κ2) is 9.73. The third-order valence-corrected chi connectivity index (χ3v) is 7.43. The summed E-state index contributed by atoms with van der Waals surface area (Å²) in [5.41, 5.74) is 1.25. The van der Waals surface area contributed by atoms with E-state index in [0.29, 0.717) is 26.2 Å². The zero-order valence-electron chi connectivity index (χ0n) is 16.4. The van der Waals surface area contributed by atoms with Crippen LogP contribution in [0.1, 0.15) is 18.9 Å². The number of rotatable bonds is 6. The van der Waals surface area contributed by atoms with Crippen LogP contribution in [-0.4, -0.2) is 55.9 Å². The van der Waals surface area contributed by atoms with E-state index in [1.54, 1.807) is 29.2 Å². The smallest absolute Gasteiger partial charge is 0.317 e. The summed E-state index contributed by atoms with van der Waals surface area (Å²) in [6, 6.07) is 16.8. The average Bonchev–Trinajstić information content (AvgIpc) is 2.73. The van der Waals surface area contributed by atoms with Gasteiger partial charge in [0.25, 0.3) is 0 Å². The van der Waals surface area contributed by atoms with Crippen LogP contribution >= 0.6 is 15.9 Å². The maximum absolute atomic E-state index is 12.8. The Morgan fingerprint density at radius 1 is 1.07 bits per heavy atom. The molecule has 0 spiro atoms. The van der Waals surface area contributed by atoms with Crippen molar-refractivity contribution >= 4 is 32.0 Å². The average molecular weight is 480 g/mol. The van der Waals surface area contributed by atoms with Gasteiger partial charge in [0.2, 0.25) is 10.0 Å². The molecule has 1 aliphatic heterocycles. The van der Waals surface area contributed by atoms with Gasteiger partial charge >= 0.3 is 6.03 Å². The van der Waals surface area contributed by atoms with Gasteiger partial charge in [0, 0.05) is 36.7 Å². The maximum atomic E-state index is 12.8. The zero-order chi connectivity index (χ0) is 20.9. The monoisotopic (exact) mass is 479 g/mol.